The summed E-state index contributed by atoms with van der Waals surface area (Å²) in [6.07, 6.45) is 1.05. The zero-order chi connectivity index (χ0) is 17.4. The molecule has 7 heteroatoms. The number of halogens is 4. The molecule has 0 amide bonds. The van der Waals surface area contributed by atoms with Gasteiger partial charge in [-0.2, -0.15) is 0 Å². The number of thiol groups is 1. The zero-order valence-electron chi connectivity index (χ0n) is 11.9. The normalized spacial score (nSPS) is 11.5. The van der Waals surface area contributed by atoms with Gasteiger partial charge in [-0.3, -0.25) is 4.99 Å². The number of aliphatic imine (C=N–C) groups is 1. The summed E-state index contributed by atoms with van der Waals surface area (Å²) in [4.78, 5) is 3.91. The maximum absolute atomic E-state index is 13.7. The van der Waals surface area contributed by atoms with Gasteiger partial charge in [0.1, 0.15) is 11.4 Å². The molecule has 0 saturated heterocycles. The highest BCUT2D eigenvalue weighted by Crippen LogP contribution is 2.33. The molecule has 3 aromatic rings. The highest BCUT2D eigenvalue weighted by molar-refractivity contribution is 7.80. The Morgan fingerprint density at radius 1 is 0.958 bits per heavy atom. The van der Waals surface area contributed by atoms with Gasteiger partial charge in [0, 0.05) is 22.7 Å². The van der Waals surface area contributed by atoms with E-state index in [9.17, 15) is 22.7 Å². The summed E-state index contributed by atoms with van der Waals surface area (Å²) in [5.74, 6) is -7.24. The van der Waals surface area contributed by atoms with Crippen LogP contribution in [-0.4, -0.2) is 11.3 Å². The van der Waals surface area contributed by atoms with Crippen LogP contribution in [0, 0.1) is 23.3 Å². The van der Waals surface area contributed by atoms with Crippen LogP contribution in [0.1, 0.15) is 5.56 Å². The number of rotatable bonds is 2. The molecule has 0 saturated carbocycles. The molecule has 0 fully saturated rings. The number of hydrogen-bond acceptors (Lipinski definition) is 3. The molecule has 122 valence electrons. The number of hydrogen-bond donors (Lipinski definition) is 2. The zero-order valence-corrected chi connectivity index (χ0v) is 12.8. The second kappa shape index (κ2) is 6.16. The lowest BCUT2D eigenvalue weighted by atomic mass is 10.0. The Balaban J connectivity index is 2.18. The van der Waals surface area contributed by atoms with E-state index >= 15 is 0 Å². The smallest absolute Gasteiger partial charge is 0.199 e. The van der Waals surface area contributed by atoms with E-state index in [4.69, 9.17) is 0 Å². The van der Waals surface area contributed by atoms with E-state index in [0.717, 1.165) is 11.6 Å². The second-order valence-electron chi connectivity index (χ2n) is 4.96. The number of benzene rings is 3. The number of aromatic hydroxyl groups is 1. The van der Waals surface area contributed by atoms with Crippen molar-refractivity contribution in [2.24, 2.45) is 4.99 Å². The van der Waals surface area contributed by atoms with Crippen molar-refractivity contribution in [2.45, 2.75) is 4.90 Å². The van der Waals surface area contributed by atoms with Gasteiger partial charge in [-0.25, -0.2) is 17.6 Å². The van der Waals surface area contributed by atoms with Gasteiger partial charge in [0.15, 0.2) is 23.3 Å². The quantitative estimate of drug-likeness (QED) is 0.216. The standard InChI is InChI=1S/C17H9F4NOS/c18-11-6-12(15(20)16(21)14(11)19)22-7-10-9-4-2-1-3-8(9)5-13(24)17(10)23/h1-7,23-24H. The van der Waals surface area contributed by atoms with Gasteiger partial charge >= 0.3 is 0 Å². The van der Waals surface area contributed by atoms with E-state index < -0.39 is 29.0 Å². The van der Waals surface area contributed by atoms with Crippen LogP contribution in [0.2, 0.25) is 0 Å². The Kier molecular flexibility index (Phi) is 4.19. The fourth-order valence-electron chi connectivity index (χ4n) is 2.27. The topological polar surface area (TPSA) is 32.6 Å². The lowest BCUT2D eigenvalue weighted by Gasteiger charge is -2.08. The Hall–Kier alpha value is -2.54. The SMILES string of the molecule is Oc1c(S)cc2ccccc2c1C=Nc1cc(F)c(F)c(F)c1F. The third-order valence-electron chi connectivity index (χ3n) is 3.46. The van der Waals surface area contributed by atoms with Gasteiger partial charge in [-0.1, -0.05) is 24.3 Å². The first-order valence-corrected chi connectivity index (χ1v) is 7.15. The number of phenols is 1. The Morgan fingerprint density at radius 2 is 1.67 bits per heavy atom. The van der Waals surface area contributed by atoms with Gasteiger partial charge < -0.3 is 5.11 Å². The highest BCUT2D eigenvalue weighted by atomic mass is 32.1. The van der Waals surface area contributed by atoms with Crippen LogP contribution in [0.25, 0.3) is 10.8 Å². The number of nitrogens with zero attached hydrogens (tertiary/aromatic N) is 1. The summed E-state index contributed by atoms with van der Waals surface area (Å²) >= 11 is 4.13. The van der Waals surface area contributed by atoms with Crippen molar-refractivity contribution in [3.8, 4) is 5.75 Å². The van der Waals surface area contributed by atoms with Crippen LogP contribution in [-0.2, 0) is 0 Å². The first-order chi connectivity index (χ1) is 11.4. The molecule has 0 aromatic heterocycles. The molecule has 0 aliphatic carbocycles. The van der Waals surface area contributed by atoms with Crippen LogP contribution in [0.5, 0.6) is 5.75 Å². The summed E-state index contributed by atoms with van der Waals surface area (Å²) < 4.78 is 53.1. The predicted molar refractivity (Wildman–Crippen MR) is 86.4 cm³/mol. The minimum absolute atomic E-state index is 0.197. The highest BCUT2D eigenvalue weighted by Gasteiger charge is 2.18. The average Bonchev–Trinajstić information content (AvgIpc) is 2.57. The minimum Gasteiger partial charge on any atom is -0.506 e. The van der Waals surface area contributed by atoms with E-state index in [2.05, 4.69) is 17.6 Å². The Morgan fingerprint density at radius 3 is 2.42 bits per heavy atom. The number of phenolic OH excluding ortho intramolecular Hbond substituents is 1. The predicted octanol–water partition coefficient (Wildman–Crippen LogP) is 5.14. The van der Waals surface area contributed by atoms with Crippen LogP contribution in [0.3, 0.4) is 0 Å². The van der Waals surface area contributed by atoms with Crippen molar-refractivity contribution >= 4 is 35.3 Å². The van der Waals surface area contributed by atoms with Gasteiger partial charge in [-0.05, 0) is 16.8 Å². The molecule has 0 heterocycles. The van der Waals surface area contributed by atoms with Crippen LogP contribution in [0.4, 0.5) is 23.2 Å². The first-order valence-electron chi connectivity index (χ1n) is 6.71. The molecular weight excluding hydrogens is 342 g/mol. The maximum atomic E-state index is 13.7. The van der Waals surface area contributed by atoms with Crippen LogP contribution in [0.15, 0.2) is 46.3 Å². The Labute approximate surface area is 139 Å². The van der Waals surface area contributed by atoms with Crippen molar-refractivity contribution in [3.63, 3.8) is 0 Å². The van der Waals surface area contributed by atoms with Crippen molar-refractivity contribution in [1.82, 2.24) is 0 Å². The van der Waals surface area contributed by atoms with Gasteiger partial charge in [0.2, 0.25) is 0 Å². The third kappa shape index (κ3) is 2.71. The minimum atomic E-state index is -1.95. The third-order valence-corrected chi connectivity index (χ3v) is 3.80. The summed E-state index contributed by atoms with van der Waals surface area (Å²) in [5.41, 5.74) is -0.526. The lowest BCUT2D eigenvalue weighted by molar-refractivity contribution is 0.410. The van der Waals surface area contributed by atoms with E-state index in [1.807, 2.05) is 0 Å². The fraction of sp³-hybridized carbons (Fsp3) is 0. The van der Waals surface area contributed by atoms with E-state index in [-0.39, 0.29) is 16.2 Å². The Bertz CT molecular complexity index is 988. The monoisotopic (exact) mass is 351 g/mol. The van der Waals surface area contributed by atoms with Crippen molar-refractivity contribution < 1.29 is 22.7 Å². The van der Waals surface area contributed by atoms with Crippen molar-refractivity contribution in [1.29, 1.82) is 0 Å². The van der Waals surface area contributed by atoms with E-state index in [1.165, 1.54) is 0 Å². The summed E-state index contributed by atoms with van der Waals surface area (Å²) in [6.45, 7) is 0. The molecule has 0 atom stereocenters. The van der Waals surface area contributed by atoms with Gasteiger partial charge in [-0.15, -0.1) is 12.6 Å². The lowest BCUT2D eigenvalue weighted by Crippen LogP contribution is -1.96. The molecule has 0 aliphatic heterocycles. The molecule has 3 rings (SSSR count). The summed E-state index contributed by atoms with van der Waals surface area (Å²) in [5, 5.41) is 11.4. The maximum Gasteiger partial charge on any atom is 0.199 e. The van der Waals surface area contributed by atoms with Gasteiger partial charge in [0.05, 0.1) is 0 Å². The fourth-order valence-corrected chi connectivity index (χ4v) is 2.53. The molecule has 0 bridgehead atoms. The largest absolute Gasteiger partial charge is 0.506 e. The molecular formula is C17H9F4NOS. The second-order valence-corrected chi connectivity index (χ2v) is 5.44. The first kappa shape index (κ1) is 16.3. The molecule has 0 radical (unpaired) electrons. The molecule has 0 spiro atoms. The molecule has 2 nitrogen and oxygen atoms in total. The summed E-state index contributed by atoms with van der Waals surface area (Å²) in [7, 11) is 0. The molecule has 1 N–H and O–H groups in total. The number of fused-ring (bicyclic) bond motifs is 1. The average molecular weight is 351 g/mol. The molecule has 0 aliphatic rings. The van der Waals surface area contributed by atoms with Crippen molar-refractivity contribution in [2.75, 3.05) is 0 Å². The van der Waals surface area contributed by atoms with Crippen molar-refractivity contribution in [3.05, 3.63) is 65.2 Å². The molecule has 24 heavy (non-hydrogen) atoms. The van der Waals surface area contributed by atoms with Gasteiger partial charge in [0.25, 0.3) is 0 Å². The molecule has 0 unspecified atom stereocenters. The van der Waals surface area contributed by atoms with Crippen LogP contribution >= 0.6 is 12.6 Å². The van der Waals surface area contributed by atoms with Crippen LogP contribution < -0.4 is 0 Å². The molecule has 3 aromatic carbocycles. The van der Waals surface area contributed by atoms with E-state index in [1.54, 1.807) is 30.3 Å². The summed E-state index contributed by atoms with van der Waals surface area (Å²) in [6, 6.07) is 9.01. The van der Waals surface area contributed by atoms with E-state index in [0.29, 0.717) is 11.5 Å².